The first-order chi connectivity index (χ1) is 7.68. The van der Waals surface area contributed by atoms with E-state index in [4.69, 9.17) is 23.2 Å². The monoisotopic (exact) mass is 258 g/mol. The molecule has 0 bridgehead atoms. The minimum atomic E-state index is 0.467. The lowest BCUT2D eigenvalue weighted by Gasteiger charge is -2.26. The highest BCUT2D eigenvalue weighted by Crippen LogP contribution is 2.33. The molecular formula is C12H16Cl2N2. The van der Waals surface area contributed by atoms with Gasteiger partial charge in [0.1, 0.15) is 0 Å². The Balaban J connectivity index is 2.28. The highest BCUT2D eigenvalue weighted by molar-refractivity contribution is 6.39. The van der Waals surface area contributed by atoms with Gasteiger partial charge in [0, 0.05) is 19.1 Å². The van der Waals surface area contributed by atoms with Crippen molar-refractivity contribution in [1.29, 1.82) is 0 Å². The number of benzene rings is 1. The zero-order chi connectivity index (χ0) is 11.5. The molecule has 1 saturated heterocycles. The summed E-state index contributed by atoms with van der Waals surface area (Å²) in [6.07, 6.45) is 1.12. The molecule has 1 unspecified atom stereocenters. The minimum Gasteiger partial charge on any atom is -0.368 e. The summed E-state index contributed by atoms with van der Waals surface area (Å²) in [5.74, 6) is 0. The van der Waals surface area contributed by atoms with Crippen LogP contribution in [0.5, 0.6) is 0 Å². The lowest BCUT2D eigenvalue weighted by Crippen LogP contribution is -2.35. The summed E-state index contributed by atoms with van der Waals surface area (Å²) in [7, 11) is 0. The standard InChI is InChI=1S/C12H16Cl2N2/c1-9-8-16(7-3-6-15-9)12-10(13)4-2-5-11(12)14/h2,4-5,9,15H,3,6-8H2,1H3. The molecule has 1 aromatic carbocycles. The van der Waals surface area contributed by atoms with Gasteiger partial charge in [-0.25, -0.2) is 0 Å². The Morgan fingerprint density at radius 3 is 2.69 bits per heavy atom. The lowest BCUT2D eigenvalue weighted by molar-refractivity contribution is 0.585. The van der Waals surface area contributed by atoms with Gasteiger partial charge in [-0.2, -0.15) is 0 Å². The van der Waals surface area contributed by atoms with Crippen molar-refractivity contribution in [3.05, 3.63) is 28.2 Å². The van der Waals surface area contributed by atoms with E-state index < -0.39 is 0 Å². The van der Waals surface area contributed by atoms with Crippen LogP contribution in [-0.4, -0.2) is 25.7 Å². The van der Waals surface area contributed by atoms with E-state index in [2.05, 4.69) is 17.1 Å². The van der Waals surface area contributed by atoms with Gasteiger partial charge in [0.2, 0.25) is 0 Å². The second-order valence-electron chi connectivity index (χ2n) is 4.23. The number of para-hydroxylation sites is 1. The molecule has 4 heteroatoms. The molecule has 0 spiro atoms. The molecule has 1 heterocycles. The van der Waals surface area contributed by atoms with Crippen molar-refractivity contribution in [3.8, 4) is 0 Å². The summed E-state index contributed by atoms with van der Waals surface area (Å²) in [5, 5.41) is 4.93. The molecular weight excluding hydrogens is 243 g/mol. The smallest absolute Gasteiger partial charge is 0.0745 e. The summed E-state index contributed by atoms with van der Waals surface area (Å²) in [6.45, 7) is 5.19. The van der Waals surface area contributed by atoms with E-state index in [0.29, 0.717) is 6.04 Å². The number of hydrogen-bond donors (Lipinski definition) is 1. The average Bonchev–Trinajstić information content (AvgIpc) is 2.43. The predicted molar refractivity (Wildman–Crippen MR) is 70.8 cm³/mol. The lowest BCUT2D eigenvalue weighted by atomic mass is 10.2. The van der Waals surface area contributed by atoms with Crippen LogP contribution in [0.1, 0.15) is 13.3 Å². The molecule has 2 nitrogen and oxygen atoms in total. The largest absolute Gasteiger partial charge is 0.368 e. The van der Waals surface area contributed by atoms with E-state index in [0.717, 1.165) is 41.8 Å². The summed E-state index contributed by atoms with van der Waals surface area (Å²) < 4.78 is 0. The molecule has 0 saturated carbocycles. The number of rotatable bonds is 1. The average molecular weight is 259 g/mol. The van der Waals surface area contributed by atoms with E-state index in [1.165, 1.54) is 0 Å². The van der Waals surface area contributed by atoms with E-state index in [1.807, 2.05) is 18.2 Å². The van der Waals surface area contributed by atoms with Crippen molar-refractivity contribution in [2.24, 2.45) is 0 Å². The third-order valence-corrected chi connectivity index (χ3v) is 3.46. The Morgan fingerprint density at radius 2 is 2.00 bits per heavy atom. The molecule has 1 aromatic rings. The molecule has 0 amide bonds. The molecule has 0 aromatic heterocycles. The van der Waals surface area contributed by atoms with Crippen LogP contribution in [0.4, 0.5) is 5.69 Å². The predicted octanol–water partition coefficient (Wildman–Crippen LogP) is 3.18. The van der Waals surface area contributed by atoms with E-state index >= 15 is 0 Å². The quantitative estimate of drug-likeness (QED) is 0.833. The maximum atomic E-state index is 6.22. The van der Waals surface area contributed by atoms with Gasteiger partial charge in [-0.15, -0.1) is 0 Å². The van der Waals surface area contributed by atoms with Crippen LogP contribution >= 0.6 is 23.2 Å². The third kappa shape index (κ3) is 2.62. The van der Waals surface area contributed by atoms with Gasteiger partial charge in [0.25, 0.3) is 0 Å². The molecule has 1 fully saturated rings. The Labute approximate surface area is 107 Å². The molecule has 2 rings (SSSR count). The SMILES string of the molecule is CC1CN(c2c(Cl)cccc2Cl)CCCN1. The van der Waals surface area contributed by atoms with Crippen LogP contribution in [0.3, 0.4) is 0 Å². The molecule has 0 radical (unpaired) electrons. The van der Waals surface area contributed by atoms with Crippen LogP contribution in [0.2, 0.25) is 10.0 Å². The second-order valence-corrected chi connectivity index (χ2v) is 5.04. The van der Waals surface area contributed by atoms with Gasteiger partial charge in [-0.05, 0) is 32.0 Å². The van der Waals surface area contributed by atoms with Gasteiger partial charge in [-0.3, -0.25) is 0 Å². The van der Waals surface area contributed by atoms with Gasteiger partial charge in [-0.1, -0.05) is 29.3 Å². The van der Waals surface area contributed by atoms with Crippen molar-refractivity contribution in [2.45, 2.75) is 19.4 Å². The normalized spacial score (nSPS) is 21.9. The first-order valence-electron chi connectivity index (χ1n) is 5.61. The van der Waals surface area contributed by atoms with Crippen molar-refractivity contribution >= 4 is 28.9 Å². The van der Waals surface area contributed by atoms with Gasteiger partial charge < -0.3 is 10.2 Å². The van der Waals surface area contributed by atoms with Crippen LogP contribution in [0.15, 0.2) is 18.2 Å². The van der Waals surface area contributed by atoms with E-state index in [9.17, 15) is 0 Å². The molecule has 88 valence electrons. The summed E-state index contributed by atoms with van der Waals surface area (Å²) in [4.78, 5) is 2.27. The minimum absolute atomic E-state index is 0.467. The van der Waals surface area contributed by atoms with Crippen molar-refractivity contribution in [2.75, 3.05) is 24.5 Å². The number of halogens is 2. The highest BCUT2D eigenvalue weighted by atomic mass is 35.5. The molecule has 1 N–H and O–H groups in total. The Bertz CT molecular complexity index is 348. The summed E-state index contributed by atoms with van der Waals surface area (Å²) in [6, 6.07) is 6.14. The fourth-order valence-corrected chi connectivity index (χ4v) is 2.74. The number of anilines is 1. The molecule has 16 heavy (non-hydrogen) atoms. The zero-order valence-electron chi connectivity index (χ0n) is 9.34. The van der Waals surface area contributed by atoms with Gasteiger partial charge >= 0.3 is 0 Å². The maximum Gasteiger partial charge on any atom is 0.0745 e. The molecule has 1 aliphatic rings. The third-order valence-electron chi connectivity index (χ3n) is 2.85. The Hall–Kier alpha value is -0.440. The van der Waals surface area contributed by atoms with E-state index in [1.54, 1.807) is 0 Å². The molecule has 1 atom stereocenters. The Kier molecular flexibility index (Phi) is 3.95. The zero-order valence-corrected chi connectivity index (χ0v) is 10.9. The fraction of sp³-hybridized carbons (Fsp3) is 0.500. The van der Waals surface area contributed by atoms with E-state index in [-0.39, 0.29) is 0 Å². The second kappa shape index (κ2) is 5.26. The first kappa shape index (κ1) is 12.0. The number of hydrogen-bond acceptors (Lipinski definition) is 2. The van der Waals surface area contributed by atoms with Crippen LogP contribution < -0.4 is 10.2 Å². The highest BCUT2D eigenvalue weighted by Gasteiger charge is 2.18. The fourth-order valence-electron chi connectivity index (χ4n) is 2.10. The van der Waals surface area contributed by atoms with Crippen molar-refractivity contribution in [3.63, 3.8) is 0 Å². The van der Waals surface area contributed by atoms with Crippen LogP contribution in [0.25, 0.3) is 0 Å². The van der Waals surface area contributed by atoms with Crippen LogP contribution in [-0.2, 0) is 0 Å². The van der Waals surface area contributed by atoms with Crippen LogP contribution in [0, 0.1) is 0 Å². The van der Waals surface area contributed by atoms with Crippen molar-refractivity contribution in [1.82, 2.24) is 5.32 Å². The first-order valence-corrected chi connectivity index (χ1v) is 6.36. The van der Waals surface area contributed by atoms with Gasteiger partial charge in [0.15, 0.2) is 0 Å². The summed E-state index contributed by atoms with van der Waals surface area (Å²) in [5.41, 5.74) is 0.974. The van der Waals surface area contributed by atoms with Gasteiger partial charge in [0.05, 0.1) is 15.7 Å². The molecule has 0 aliphatic carbocycles. The summed E-state index contributed by atoms with van der Waals surface area (Å²) >= 11 is 12.4. The van der Waals surface area contributed by atoms with Crippen molar-refractivity contribution < 1.29 is 0 Å². The number of nitrogens with zero attached hydrogens (tertiary/aromatic N) is 1. The topological polar surface area (TPSA) is 15.3 Å². The number of nitrogens with one attached hydrogen (secondary N) is 1. The maximum absolute atomic E-state index is 6.22. The molecule has 1 aliphatic heterocycles. The Morgan fingerprint density at radius 1 is 1.31 bits per heavy atom.